The molecule has 0 saturated carbocycles. The zero-order chi connectivity index (χ0) is 26.5. The lowest BCUT2D eigenvalue weighted by Crippen LogP contribution is -2.50. The van der Waals surface area contributed by atoms with Gasteiger partial charge in [0.1, 0.15) is 6.61 Å². The molecule has 0 N–H and O–H groups in total. The number of esters is 2. The van der Waals surface area contributed by atoms with Crippen LogP contribution in [0.5, 0.6) is 0 Å². The van der Waals surface area contributed by atoms with Crippen molar-refractivity contribution in [2.75, 3.05) is 25.2 Å². The number of nitrogens with zero attached hydrogens (tertiary/aromatic N) is 2. The van der Waals surface area contributed by atoms with Crippen LogP contribution >= 0.6 is 0 Å². The van der Waals surface area contributed by atoms with Gasteiger partial charge in [-0.25, -0.2) is 9.59 Å². The van der Waals surface area contributed by atoms with E-state index in [1.54, 1.807) is 34.9 Å². The van der Waals surface area contributed by atoms with Crippen molar-refractivity contribution < 1.29 is 33.4 Å². The highest BCUT2D eigenvalue weighted by molar-refractivity contribution is 5.96. The van der Waals surface area contributed by atoms with Gasteiger partial charge in [-0.15, -0.1) is 0 Å². The fourth-order valence-electron chi connectivity index (χ4n) is 5.50. The number of benzene rings is 2. The van der Waals surface area contributed by atoms with Crippen LogP contribution in [0.1, 0.15) is 60.6 Å². The number of carbonyl (C=O) groups is 4. The van der Waals surface area contributed by atoms with Gasteiger partial charge in [-0.05, 0) is 49.1 Å². The Bertz CT molecular complexity index is 1170. The number of methoxy groups -OCH3 is 1. The van der Waals surface area contributed by atoms with Gasteiger partial charge in [0.2, 0.25) is 5.91 Å². The average molecular weight is 509 g/mol. The number of hydrogen-bond acceptors (Lipinski definition) is 7. The first kappa shape index (κ1) is 26.2. The van der Waals surface area contributed by atoms with E-state index in [1.165, 1.54) is 14.0 Å². The van der Waals surface area contributed by atoms with Crippen molar-refractivity contribution in [3.63, 3.8) is 0 Å². The number of likely N-dealkylation sites (tertiary alicyclic amines) is 1. The van der Waals surface area contributed by atoms with Crippen LogP contribution in [0, 0.1) is 5.92 Å². The molecule has 0 bridgehead atoms. The van der Waals surface area contributed by atoms with E-state index in [4.69, 9.17) is 14.2 Å². The Morgan fingerprint density at radius 1 is 1.03 bits per heavy atom. The summed E-state index contributed by atoms with van der Waals surface area (Å²) in [5.74, 6) is -1.16. The molecule has 3 atom stereocenters. The topological polar surface area (TPSA) is 102 Å². The fourth-order valence-corrected chi connectivity index (χ4v) is 5.50. The van der Waals surface area contributed by atoms with Crippen LogP contribution in [0.4, 0.5) is 10.5 Å². The van der Waals surface area contributed by atoms with Crippen molar-refractivity contribution in [2.45, 2.75) is 51.8 Å². The molecule has 2 aromatic carbocycles. The largest absolute Gasteiger partial charge is 0.466 e. The molecule has 196 valence electrons. The maximum absolute atomic E-state index is 13.3. The first-order chi connectivity index (χ1) is 17.8. The van der Waals surface area contributed by atoms with E-state index < -0.39 is 18.1 Å². The standard InChI is InChI=1S/C28H32N2O7/c1-4-36-25(32)13-12-23-21-14-15-29(28(34)37-17-19-8-6-5-7-9-19)26(21)22-16-20(27(33)35-3)10-11-24(22)30(23)18(2)31/h5-11,16,21,23,26H,4,12-15,17H2,1-3H3/t21-,23-,26-/m0/s1. The molecule has 4 rings (SSSR count). The van der Waals surface area contributed by atoms with Gasteiger partial charge in [0.25, 0.3) is 0 Å². The van der Waals surface area contributed by atoms with Crippen molar-refractivity contribution in [1.29, 1.82) is 0 Å². The number of fused-ring (bicyclic) bond motifs is 3. The van der Waals surface area contributed by atoms with Crippen LogP contribution in [-0.2, 0) is 30.4 Å². The minimum absolute atomic E-state index is 0.133. The van der Waals surface area contributed by atoms with Crippen molar-refractivity contribution in [1.82, 2.24) is 4.90 Å². The van der Waals surface area contributed by atoms with Crippen LogP contribution in [-0.4, -0.2) is 55.1 Å². The molecule has 2 aromatic rings. The summed E-state index contributed by atoms with van der Waals surface area (Å²) < 4.78 is 15.7. The third-order valence-electron chi connectivity index (χ3n) is 7.03. The van der Waals surface area contributed by atoms with E-state index in [1.807, 2.05) is 30.3 Å². The highest BCUT2D eigenvalue weighted by Crippen LogP contribution is 2.50. The van der Waals surface area contributed by atoms with E-state index in [2.05, 4.69) is 0 Å². The van der Waals surface area contributed by atoms with Gasteiger partial charge in [0.15, 0.2) is 0 Å². The lowest BCUT2D eigenvalue weighted by atomic mass is 9.79. The zero-order valence-electron chi connectivity index (χ0n) is 21.3. The molecule has 0 radical (unpaired) electrons. The molecular weight excluding hydrogens is 476 g/mol. The Balaban J connectivity index is 1.69. The summed E-state index contributed by atoms with van der Waals surface area (Å²) in [5, 5.41) is 0. The molecule has 37 heavy (non-hydrogen) atoms. The van der Waals surface area contributed by atoms with E-state index in [0.717, 1.165) is 5.56 Å². The summed E-state index contributed by atoms with van der Waals surface area (Å²) in [5.41, 5.74) is 2.50. The molecular formula is C28H32N2O7. The molecule has 1 saturated heterocycles. The van der Waals surface area contributed by atoms with Gasteiger partial charge in [0.05, 0.1) is 25.3 Å². The number of hydrogen-bond donors (Lipinski definition) is 0. The Hall–Kier alpha value is -3.88. The van der Waals surface area contributed by atoms with E-state index >= 15 is 0 Å². The molecule has 1 fully saturated rings. The molecule has 0 aliphatic carbocycles. The molecule has 0 aromatic heterocycles. The van der Waals surface area contributed by atoms with Crippen LogP contribution in [0.15, 0.2) is 48.5 Å². The van der Waals surface area contributed by atoms with Crippen molar-refractivity contribution >= 4 is 29.6 Å². The van der Waals surface area contributed by atoms with Crippen LogP contribution in [0.3, 0.4) is 0 Å². The smallest absolute Gasteiger partial charge is 0.410 e. The second kappa shape index (κ2) is 11.5. The van der Waals surface area contributed by atoms with Gasteiger partial charge >= 0.3 is 18.0 Å². The third-order valence-corrected chi connectivity index (χ3v) is 7.03. The summed E-state index contributed by atoms with van der Waals surface area (Å²) in [7, 11) is 1.31. The van der Waals surface area contributed by atoms with Gasteiger partial charge in [-0.1, -0.05) is 30.3 Å². The second-order valence-corrected chi connectivity index (χ2v) is 9.20. The maximum atomic E-state index is 13.3. The molecule has 0 spiro atoms. The monoisotopic (exact) mass is 508 g/mol. The molecule has 2 aliphatic rings. The average Bonchev–Trinajstić information content (AvgIpc) is 3.35. The molecule has 9 nitrogen and oxygen atoms in total. The van der Waals surface area contributed by atoms with Crippen molar-refractivity contribution in [2.24, 2.45) is 5.92 Å². The van der Waals surface area contributed by atoms with Crippen LogP contribution < -0.4 is 4.90 Å². The summed E-state index contributed by atoms with van der Waals surface area (Å²) in [6, 6.07) is 13.7. The minimum atomic E-state index is -0.505. The Labute approximate surface area is 216 Å². The van der Waals surface area contributed by atoms with Crippen molar-refractivity contribution in [3.05, 3.63) is 65.2 Å². The van der Waals surface area contributed by atoms with E-state index in [-0.39, 0.29) is 43.5 Å². The number of anilines is 1. The predicted molar refractivity (Wildman–Crippen MR) is 135 cm³/mol. The first-order valence-corrected chi connectivity index (χ1v) is 12.5. The number of carbonyl (C=O) groups excluding carboxylic acids is 4. The minimum Gasteiger partial charge on any atom is -0.466 e. The number of amides is 2. The number of rotatable bonds is 7. The summed E-state index contributed by atoms with van der Waals surface area (Å²) in [4.78, 5) is 54.1. The third kappa shape index (κ3) is 5.45. The SMILES string of the molecule is CCOC(=O)CC[C@H]1[C@@H]2CCN(C(=O)OCc3ccccc3)[C@@H]2c2cc(C(=O)OC)ccc2N1C(C)=O. The molecule has 9 heteroatoms. The van der Waals surface area contributed by atoms with Gasteiger partial charge < -0.3 is 24.0 Å². The lowest BCUT2D eigenvalue weighted by molar-refractivity contribution is -0.143. The molecule has 2 amide bonds. The molecule has 2 heterocycles. The van der Waals surface area contributed by atoms with Gasteiger partial charge in [0, 0.05) is 37.5 Å². The predicted octanol–water partition coefficient (Wildman–Crippen LogP) is 4.25. The molecule has 2 aliphatic heterocycles. The fraction of sp³-hybridized carbons (Fsp3) is 0.429. The summed E-state index contributed by atoms with van der Waals surface area (Å²) >= 11 is 0. The van der Waals surface area contributed by atoms with E-state index in [0.29, 0.717) is 36.2 Å². The molecule has 0 unspecified atom stereocenters. The highest BCUT2D eigenvalue weighted by atomic mass is 16.6. The lowest BCUT2D eigenvalue weighted by Gasteiger charge is -2.45. The maximum Gasteiger partial charge on any atom is 0.410 e. The van der Waals surface area contributed by atoms with Crippen molar-refractivity contribution in [3.8, 4) is 0 Å². The van der Waals surface area contributed by atoms with E-state index in [9.17, 15) is 19.2 Å². The highest BCUT2D eigenvalue weighted by Gasteiger charge is 2.50. The number of ether oxygens (including phenoxy) is 3. The first-order valence-electron chi connectivity index (χ1n) is 12.5. The zero-order valence-corrected chi connectivity index (χ0v) is 21.3. The Morgan fingerprint density at radius 3 is 2.46 bits per heavy atom. The van der Waals surface area contributed by atoms with Gasteiger partial charge in [-0.2, -0.15) is 0 Å². The van der Waals surface area contributed by atoms with Crippen LogP contribution in [0.2, 0.25) is 0 Å². The Kier molecular flexibility index (Phi) is 8.11. The van der Waals surface area contributed by atoms with Gasteiger partial charge in [-0.3, -0.25) is 9.59 Å². The summed E-state index contributed by atoms with van der Waals surface area (Å²) in [6.07, 6.45) is 0.695. The van der Waals surface area contributed by atoms with Crippen LogP contribution in [0.25, 0.3) is 0 Å². The second-order valence-electron chi connectivity index (χ2n) is 9.20. The summed E-state index contributed by atoms with van der Waals surface area (Å²) in [6.45, 7) is 4.07. The quantitative estimate of drug-likeness (QED) is 0.407. The normalized spacial score (nSPS) is 20.0. The Morgan fingerprint density at radius 2 is 1.78 bits per heavy atom.